The molecule has 0 aromatic carbocycles. The summed E-state index contributed by atoms with van der Waals surface area (Å²) < 4.78 is 5.75. The molecule has 0 bridgehead atoms. The number of nitrogens with zero attached hydrogens (tertiary/aromatic N) is 2. The van der Waals surface area contributed by atoms with Crippen molar-refractivity contribution < 1.29 is 14.3 Å². The first kappa shape index (κ1) is 27.4. The van der Waals surface area contributed by atoms with Crippen LogP contribution in [0.5, 0.6) is 0 Å². The van der Waals surface area contributed by atoms with Crippen LogP contribution >= 0.6 is 0 Å². The Morgan fingerprint density at radius 1 is 1.03 bits per heavy atom. The summed E-state index contributed by atoms with van der Waals surface area (Å²) in [5, 5.41) is 9.93. The second kappa shape index (κ2) is 8.39. The lowest BCUT2D eigenvalue weighted by molar-refractivity contribution is -0.174. The summed E-state index contributed by atoms with van der Waals surface area (Å²) in [6.45, 7) is 19.5. The number of Topliss-reactive ketones (excluding diaryl/α,β-unsaturated/α-hetero) is 1. The highest BCUT2D eigenvalue weighted by molar-refractivity contribution is 6.04. The maximum absolute atomic E-state index is 14.6. The first-order valence-corrected chi connectivity index (χ1v) is 15.4. The Balaban J connectivity index is 1.48. The molecule has 1 saturated heterocycles. The number of hydrogen-bond donors (Lipinski definition) is 0. The SMILES string of the molecule is CC1(C)CC[C@]2(CN3CCOC3)CC[C@]3(C)C(C(=O)C=C4[C@@]5(C)C=C(C#N)C(=O)C(C)(C)[C@@H]5CC[C@]43C)C2C1. The molecule has 0 aromatic rings. The Kier molecular flexibility index (Phi) is 5.89. The van der Waals surface area contributed by atoms with Gasteiger partial charge in [-0.1, -0.05) is 60.1 Å². The summed E-state index contributed by atoms with van der Waals surface area (Å²) in [5.74, 6) is 0.732. The number of allylic oxidation sites excluding steroid dienone is 4. The van der Waals surface area contributed by atoms with Gasteiger partial charge in [0.25, 0.3) is 0 Å². The maximum Gasteiger partial charge on any atom is 0.178 e. The van der Waals surface area contributed by atoms with Gasteiger partial charge in [0.2, 0.25) is 0 Å². The van der Waals surface area contributed by atoms with Gasteiger partial charge >= 0.3 is 0 Å². The smallest absolute Gasteiger partial charge is 0.178 e. The van der Waals surface area contributed by atoms with Gasteiger partial charge in [-0.3, -0.25) is 14.5 Å². The fourth-order valence-corrected chi connectivity index (χ4v) is 11.0. The van der Waals surface area contributed by atoms with Crippen LogP contribution < -0.4 is 0 Å². The normalized spacial score (nSPS) is 46.7. The predicted octanol–water partition coefficient (Wildman–Crippen LogP) is 6.50. The summed E-state index contributed by atoms with van der Waals surface area (Å²) in [5.41, 5.74) is 0.496. The monoisotopic (exact) mass is 532 g/mol. The molecule has 212 valence electrons. The summed E-state index contributed by atoms with van der Waals surface area (Å²) >= 11 is 0. The topological polar surface area (TPSA) is 70.4 Å². The molecule has 5 aliphatic carbocycles. The van der Waals surface area contributed by atoms with Crippen LogP contribution in [0.4, 0.5) is 0 Å². The molecule has 1 heterocycles. The lowest BCUT2D eigenvalue weighted by Gasteiger charge is -2.69. The maximum atomic E-state index is 14.6. The number of carbonyl (C=O) groups excluding carboxylic acids is 2. The number of hydrogen-bond acceptors (Lipinski definition) is 5. The molecule has 3 saturated carbocycles. The second-order valence-electron chi connectivity index (χ2n) is 16.2. The molecule has 0 N–H and O–H groups in total. The Labute approximate surface area is 235 Å². The minimum Gasteiger partial charge on any atom is -0.365 e. The van der Waals surface area contributed by atoms with E-state index in [1.807, 2.05) is 26.0 Å². The van der Waals surface area contributed by atoms with Gasteiger partial charge in [0.15, 0.2) is 11.6 Å². The third-order valence-electron chi connectivity index (χ3n) is 13.4. The van der Waals surface area contributed by atoms with E-state index < -0.39 is 10.8 Å². The van der Waals surface area contributed by atoms with Crippen molar-refractivity contribution in [3.63, 3.8) is 0 Å². The van der Waals surface area contributed by atoms with Crippen LogP contribution in [-0.4, -0.2) is 42.9 Å². The number of ketones is 2. The molecule has 0 amide bonds. The third-order valence-corrected chi connectivity index (χ3v) is 13.4. The Morgan fingerprint density at radius 3 is 2.41 bits per heavy atom. The molecule has 7 atom stereocenters. The van der Waals surface area contributed by atoms with E-state index in [0.29, 0.717) is 11.7 Å². The van der Waals surface area contributed by atoms with Crippen molar-refractivity contribution >= 4 is 11.6 Å². The molecular formula is C34H48N2O3. The van der Waals surface area contributed by atoms with E-state index >= 15 is 0 Å². The van der Waals surface area contributed by atoms with Crippen molar-refractivity contribution in [1.29, 1.82) is 5.26 Å². The van der Waals surface area contributed by atoms with E-state index in [1.54, 1.807) is 0 Å². The Hall–Kier alpha value is -1.77. The van der Waals surface area contributed by atoms with Crippen LogP contribution in [0.15, 0.2) is 23.3 Å². The molecular weight excluding hydrogens is 484 g/mol. The molecule has 5 heteroatoms. The highest BCUT2D eigenvalue weighted by Crippen LogP contribution is 2.74. The van der Waals surface area contributed by atoms with Crippen molar-refractivity contribution in [2.24, 2.45) is 50.2 Å². The average Bonchev–Trinajstić information content (AvgIpc) is 3.36. The van der Waals surface area contributed by atoms with E-state index in [0.717, 1.165) is 58.5 Å². The predicted molar refractivity (Wildman–Crippen MR) is 151 cm³/mol. The zero-order valence-corrected chi connectivity index (χ0v) is 25.3. The minimum absolute atomic E-state index is 0.0147. The van der Waals surface area contributed by atoms with Crippen LogP contribution in [0.25, 0.3) is 0 Å². The lowest BCUT2D eigenvalue weighted by atomic mass is 9.34. The molecule has 2 unspecified atom stereocenters. The van der Waals surface area contributed by atoms with E-state index in [9.17, 15) is 14.9 Å². The second-order valence-corrected chi connectivity index (χ2v) is 16.2. The van der Waals surface area contributed by atoms with Crippen LogP contribution in [0.1, 0.15) is 93.4 Å². The average molecular weight is 533 g/mol. The lowest BCUT2D eigenvalue weighted by Crippen LogP contribution is -2.65. The molecule has 0 aromatic heterocycles. The third kappa shape index (κ3) is 3.56. The van der Waals surface area contributed by atoms with Gasteiger partial charge in [-0.15, -0.1) is 0 Å². The fourth-order valence-electron chi connectivity index (χ4n) is 11.0. The van der Waals surface area contributed by atoms with Gasteiger partial charge in [0.1, 0.15) is 6.07 Å². The van der Waals surface area contributed by atoms with E-state index in [1.165, 1.54) is 18.4 Å². The molecule has 4 fully saturated rings. The van der Waals surface area contributed by atoms with E-state index in [-0.39, 0.29) is 44.9 Å². The zero-order chi connectivity index (χ0) is 28.2. The van der Waals surface area contributed by atoms with Crippen LogP contribution in [0.3, 0.4) is 0 Å². The van der Waals surface area contributed by atoms with Crippen LogP contribution in [0, 0.1) is 61.6 Å². The van der Waals surface area contributed by atoms with Gasteiger partial charge in [-0.2, -0.15) is 5.26 Å². The minimum atomic E-state index is -0.621. The number of carbonyl (C=O) groups is 2. The summed E-state index contributed by atoms with van der Waals surface area (Å²) in [7, 11) is 0. The van der Waals surface area contributed by atoms with Gasteiger partial charge in [0, 0.05) is 29.8 Å². The standard InChI is InChI=1S/C34H48N2O3/c1-29(2)10-12-34(20-36-14-15-39-21-36)13-11-33(7)27(23(34)18-29)24(37)16-26-31(5)17-22(19-35)28(38)30(3,4)25(31)8-9-32(26,33)6/h16-17,23,25,27H,8-15,18,20-21H2,1-7H3/t23?,25-,27?,31-,32+,33+,34+/m0/s1. The molecule has 1 aliphatic heterocycles. The summed E-state index contributed by atoms with van der Waals surface area (Å²) in [6, 6.07) is 2.22. The highest BCUT2D eigenvalue weighted by atomic mass is 16.5. The zero-order valence-electron chi connectivity index (χ0n) is 25.3. The van der Waals surface area contributed by atoms with Gasteiger partial charge in [0.05, 0.1) is 18.9 Å². The first-order chi connectivity index (χ1) is 18.1. The number of fused-ring (bicyclic) bond motifs is 7. The Bertz CT molecular complexity index is 1220. The first-order valence-electron chi connectivity index (χ1n) is 15.4. The van der Waals surface area contributed by atoms with Gasteiger partial charge in [-0.25, -0.2) is 0 Å². The Morgan fingerprint density at radius 2 is 1.74 bits per heavy atom. The molecule has 5 nitrogen and oxygen atoms in total. The molecule has 6 aliphatic rings. The van der Waals surface area contributed by atoms with Crippen LogP contribution in [-0.2, 0) is 14.3 Å². The van der Waals surface area contributed by atoms with Crippen molar-refractivity contribution in [2.45, 2.75) is 93.4 Å². The molecule has 0 radical (unpaired) electrons. The summed E-state index contributed by atoms with van der Waals surface area (Å²) in [4.78, 5) is 30.4. The number of rotatable bonds is 2. The quantitative estimate of drug-likeness (QED) is 0.406. The molecule has 39 heavy (non-hydrogen) atoms. The van der Waals surface area contributed by atoms with E-state index in [2.05, 4.69) is 45.6 Å². The van der Waals surface area contributed by atoms with Gasteiger partial charge in [-0.05, 0) is 84.5 Å². The fraction of sp³-hybridized carbons (Fsp3) is 0.794. The molecule has 0 spiro atoms. The van der Waals surface area contributed by atoms with Crippen molar-refractivity contribution in [3.8, 4) is 6.07 Å². The van der Waals surface area contributed by atoms with Crippen molar-refractivity contribution in [3.05, 3.63) is 23.3 Å². The largest absolute Gasteiger partial charge is 0.365 e. The number of ether oxygens (including phenoxy) is 1. The van der Waals surface area contributed by atoms with E-state index in [4.69, 9.17) is 4.74 Å². The van der Waals surface area contributed by atoms with Crippen LogP contribution in [0.2, 0.25) is 0 Å². The van der Waals surface area contributed by atoms with Gasteiger partial charge < -0.3 is 4.74 Å². The van der Waals surface area contributed by atoms with Crippen molar-refractivity contribution in [1.82, 2.24) is 4.90 Å². The summed E-state index contributed by atoms with van der Waals surface area (Å²) in [6.07, 6.45) is 11.7. The number of nitriles is 1. The molecule has 6 rings (SSSR count). The highest BCUT2D eigenvalue weighted by Gasteiger charge is 2.69. The van der Waals surface area contributed by atoms with Crippen molar-refractivity contribution in [2.75, 3.05) is 26.4 Å².